The first-order valence-corrected chi connectivity index (χ1v) is 16.2. The van der Waals surface area contributed by atoms with Crippen LogP contribution < -0.4 is 0 Å². The molecule has 0 heterocycles. The van der Waals surface area contributed by atoms with Gasteiger partial charge in [-0.25, -0.2) is 9.36 Å². The molecule has 3 fully saturated rings. The molecule has 0 aromatic rings. The van der Waals surface area contributed by atoms with Crippen molar-refractivity contribution in [2.75, 3.05) is 14.2 Å². The highest BCUT2D eigenvalue weighted by atomic mass is 31.2. The van der Waals surface area contributed by atoms with Crippen LogP contribution in [0.25, 0.3) is 0 Å². The molecule has 3 saturated carbocycles. The summed E-state index contributed by atoms with van der Waals surface area (Å²) in [7, 11) is -1.53. The summed E-state index contributed by atoms with van der Waals surface area (Å²) in [5.74, 6) is 4.83. The van der Waals surface area contributed by atoms with Gasteiger partial charge >= 0.3 is 14.0 Å². The summed E-state index contributed by atoms with van der Waals surface area (Å²) in [6.07, 6.45) is 14.5. The van der Waals surface area contributed by atoms with Gasteiger partial charge < -0.3 is 9.26 Å². The summed E-state index contributed by atoms with van der Waals surface area (Å²) in [6, 6.07) is 0. The van der Waals surface area contributed by atoms with Crippen molar-refractivity contribution in [3.63, 3.8) is 0 Å². The summed E-state index contributed by atoms with van der Waals surface area (Å²) in [6.45, 7) is 12.3. The van der Waals surface area contributed by atoms with Gasteiger partial charge in [0.25, 0.3) is 0 Å². The van der Waals surface area contributed by atoms with Crippen molar-refractivity contribution in [3.05, 3.63) is 11.6 Å². The van der Waals surface area contributed by atoms with Gasteiger partial charge in [-0.1, -0.05) is 65.5 Å². The number of fused-ring (bicyclic) bond motifs is 5. The van der Waals surface area contributed by atoms with Gasteiger partial charge in [-0.05, 0) is 91.3 Å². The van der Waals surface area contributed by atoms with E-state index in [-0.39, 0.29) is 11.5 Å². The number of hydrogen-bond acceptors (Lipinski definition) is 6. The molecule has 0 spiro atoms. The van der Waals surface area contributed by atoms with Crippen LogP contribution >= 0.6 is 7.82 Å². The van der Waals surface area contributed by atoms with Crippen molar-refractivity contribution in [2.45, 2.75) is 111 Å². The third kappa shape index (κ3) is 5.73. The summed E-state index contributed by atoms with van der Waals surface area (Å²) in [4.78, 5) is 12.3. The molecule has 4 rings (SSSR count). The molecule has 37 heavy (non-hydrogen) atoms. The van der Waals surface area contributed by atoms with Crippen LogP contribution in [0.1, 0.15) is 105 Å². The Morgan fingerprint density at radius 1 is 1.03 bits per heavy atom. The van der Waals surface area contributed by atoms with Crippen molar-refractivity contribution in [2.24, 2.45) is 46.3 Å². The Bertz CT molecular complexity index is 893. The largest absolute Gasteiger partial charge is 0.534 e. The molecule has 0 saturated heterocycles. The molecule has 0 amide bonds. The average Bonchev–Trinajstić information content (AvgIpc) is 3.21. The number of hydrogen-bond donors (Lipinski definition) is 0. The van der Waals surface area contributed by atoms with Gasteiger partial charge in [-0.3, -0.25) is 9.05 Å². The van der Waals surface area contributed by atoms with E-state index in [0.717, 1.165) is 61.2 Å². The van der Waals surface area contributed by atoms with E-state index in [1.807, 2.05) is 0 Å². The Hall–Kier alpha value is -0.840. The third-order valence-corrected chi connectivity index (χ3v) is 12.4. The maximum atomic E-state index is 12.3. The number of phosphoric ester groups is 1. The Kier molecular flexibility index (Phi) is 8.93. The zero-order valence-corrected chi connectivity index (χ0v) is 25.2. The van der Waals surface area contributed by atoms with Crippen molar-refractivity contribution < 1.29 is 27.7 Å². The molecule has 0 bridgehead atoms. The first-order chi connectivity index (χ1) is 17.5. The summed E-state index contributed by atoms with van der Waals surface area (Å²) >= 11 is 0. The highest BCUT2D eigenvalue weighted by Crippen LogP contribution is 2.67. The Labute approximate surface area is 225 Å². The number of rotatable bonds is 9. The molecular weight excluding hydrogens is 487 g/mol. The van der Waals surface area contributed by atoms with Gasteiger partial charge in [0.05, 0.1) is 0 Å². The lowest BCUT2D eigenvalue weighted by Gasteiger charge is -2.58. The van der Waals surface area contributed by atoms with Crippen molar-refractivity contribution in [1.29, 1.82) is 0 Å². The van der Waals surface area contributed by atoms with Crippen LogP contribution in [0.4, 0.5) is 4.79 Å². The third-order valence-electron chi connectivity index (χ3n) is 11.2. The van der Waals surface area contributed by atoms with Crippen molar-refractivity contribution in [3.8, 4) is 0 Å². The van der Waals surface area contributed by atoms with Gasteiger partial charge in [-0.2, -0.15) is 0 Å². The van der Waals surface area contributed by atoms with E-state index in [0.29, 0.717) is 5.41 Å². The maximum Gasteiger partial charge on any atom is 0.534 e. The van der Waals surface area contributed by atoms with Gasteiger partial charge in [0.15, 0.2) is 0 Å². The molecule has 4 aliphatic carbocycles. The molecule has 0 aliphatic heterocycles. The SMILES string of the molecule is COP(=O)(OC)OC(=O)OC1CCC2(C)C(=CCC3C2CCC2(C)C(C(C)CCCC(C)C)CCC32)C1. The minimum Gasteiger partial charge on any atom is -0.430 e. The molecule has 4 aliphatic rings. The zero-order valence-electron chi connectivity index (χ0n) is 24.3. The predicted molar refractivity (Wildman–Crippen MR) is 146 cm³/mol. The molecule has 212 valence electrons. The topological polar surface area (TPSA) is 71.1 Å². The van der Waals surface area contributed by atoms with Crippen molar-refractivity contribution >= 4 is 14.0 Å². The van der Waals surface area contributed by atoms with E-state index in [2.05, 4.69) is 40.7 Å². The molecule has 6 nitrogen and oxygen atoms in total. The van der Waals surface area contributed by atoms with Crippen LogP contribution in [-0.4, -0.2) is 26.5 Å². The van der Waals surface area contributed by atoms with Crippen LogP contribution in [0, 0.1) is 46.3 Å². The second-order valence-corrected chi connectivity index (χ2v) is 15.2. The minimum atomic E-state index is -3.90. The Morgan fingerprint density at radius 3 is 2.43 bits per heavy atom. The standard InChI is InChI=1S/C30H51O6P/c1-20(2)9-8-10-21(3)25-13-14-26-24-12-11-22-19-23(35-28(31)36-37(32,33-6)34-7)15-17-29(22,4)27(24)16-18-30(25,26)5/h11,20-21,23-27H,8-10,12-19H2,1-7H3. The van der Waals surface area contributed by atoms with Gasteiger partial charge in [0, 0.05) is 20.6 Å². The maximum absolute atomic E-state index is 12.3. The first kappa shape index (κ1) is 29.2. The molecule has 0 N–H and O–H groups in total. The highest BCUT2D eigenvalue weighted by molar-refractivity contribution is 7.49. The number of carbonyl (C=O) groups is 1. The van der Waals surface area contributed by atoms with Crippen LogP contribution in [0.15, 0.2) is 11.6 Å². The average molecular weight is 539 g/mol. The van der Waals surface area contributed by atoms with Gasteiger partial charge in [0.1, 0.15) is 6.10 Å². The van der Waals surface area contributed by atoms with Crippen LogP contribution in [0.3, 0.4) is 0 Å². The quantitative estimate of drug-likeness (QED) is 0.166. The summed E-state index contributed by atoms with van der Waals surface area (Å²) < 4.78 is 31.9. The smallest absolute Gasteiger partial charge is 0.430 e. The molecular formula is C30H51O6P. The van der Waals surface area contributed by atoms with E-state index >= 15 is 0 Å². The lowest BCUT2D eigenvalue weighted by atomic mass is 9.47. The van der Waals surface area contributed by atoms with E-state index in [1.54, 1.807) is 0 Å². The van der Waals surface area contributed by atoms with E-state index in [9.17, 15) is 9.36 Å². The fraction of sp³-hybridized carbons (Fsp3) is 0.900. The predicted octanol–water partition coefficient (Wildman–Crippen LogP) is 8.95. The lowest BCUT2D eigenvalue weighted by Crippen LogP contribution is -2.51. The van der Waals surface area contributed by atoms with E-state index in [4.69, 9.17) is 18.3 Å². The number of ether oxygens (including phenoxy) is 1. The van der Waals surface area contributed by atoms with Crippen LogP contribution in [-0.2, 0) is 22.9 Å². The molecule has 8 unspecified atom stereocenters. The fourth-order valence-electron chi connectivity index (χ4n) is 9.15. The van der Waals surface area contributed by atoms with E-state index in [1.165, 1.54) is 64.7 Å². The summed E-state index contributed by atoms with van der Waals surface area (Å²) in [5, 5.41) is 0. The number of allylic oxidation sites excluding steroid dienone is 1. The molecule has 0 radical (unpaired) electrons. The Balaban J connectivity index is 1.40. The fourth-order valence-corrected chi connectivity index (χ4v) is 9.67. The van der Waals surface area contributed by atoms with Crippen LogP contribution in [0.5, 0.6) is 0 Å². The molecule has 0 aromatic heterocycles. The summed E-state index contributed by atoms with van der Waals surface area (Å²) in [5.41, 5.74) is 2.11. The van der Waals surface area contributed by atoms with Gasteiger partial charge in [-0.15, -0.1) is 0 Å². The first-order valence-electron chi connectivity index (χ1n) is 14.8. The second-order valence-electron chi connectivity index (χ2n) is 13.4. The number of carbonyl (C=O) groups excluding carboxylic acids is 1. The highest BCUT2D eigenvalue weighted by Gasteiger charge is 2.59. The molecule has 8 atom stereocenters. The van der Waals surface area contributed by atoms with Crippen LogP contribution in [0.2, 0.25) is 0 Å². The van der Waals surface area contributed by atoms with E-state index < -0.39 is 14.0 Å². The zero-order chi connectivity index (χ0) is 27.0. The van der Waals surface area contributed by atoms with Gasteiger partial charge in [0.2, 0.25) is 0 Å². The second kappa shape index (κ2) is 11.3. The minimum absolute atomic E-state index is 0.184. The Morgan fingerprint density at radius 2 is 1.76 bits per heavy atom. The number of phosphoric acid groups is 1. The molecule has 0 aromatic carbocycles. The normalized spacial score (nSPS) is 38.3. The molecule has 7 heteroatoms. The monoisotopic (exact) mass is 538 g/mol. The van der Waals surface area contributed by atoms with Crippen molar-refractivity contribution in [1.82, 2.24) is 0 Å². The lowest BCUT2D eigenvalue weighted by molar-refractivity contribution is -0.0601.